The molecular formula is C23H40N6O6. The third-order valence-electron chi connectivity index (χ3n) is 4.31. The van der Waals surface area contributed by atoms with Gasteiger partial charge < -0.3 is 42.0 Å². The second-order valence-corrected chi connectivity index (χ2v) is 6.64. The topological polar surface area (TPSA) is 200 Å². The predicted octanol–water partition coefficient (Wildman–Crippen LogP) is -0.349. The summed E-state index contributed by atoms with van der Waals surface area (Å²) in [7, 11) is 1.00. The van der Waals surface area contributed by atoms with Gasteiger partial charge in [-0.3, -0.25) is 19.4 Å². The van der Waals surface area contributed by atoms with E-state index in [1.807, 2.05) is 13.8 Å². The minimum Gasteiger partial charge on any atom is -0.507 e. The van der Waals surface area contributed by atoms with Gasteiger partial charge in [0.15, 0.2) is 5.96 Å². The van der Waals surface area contributed by atoms with Crippen LogP contribution in [0.2, 0.25) is 0 Å². The standard InChI is InChI=1S/C20H30N6O5.C2H6.CH4O/c1-2-26(13-17(29)23-11-12-27)19(31)15(8-6-10-24-20(21)22)25-18(30)14-7-4-3-5-9-16(14)28;2*1-2/h4-5,7,9,12,15,28H,2-3,6,8,10-11,13H2,1H3,(H,23,29)(H,25,30)(H4,21,22,24);1-2H3;2H,1H3. The predicted molar refractivity (Wildman–Crippen MR) is 135 cm³/mol. The molecule has 0 aromatic heterocycles. The van der Waals surface area contributed by atoms with Crippen molar-refractivity contribution in [2.75, 3.05) is 33.3 Å². The van der Waals surface area contributed by atoms with Crippen molar-refractivity contribution in [2.24, 2.45) is 16.5 Å². The highest BCUT2D eigenvalue weighted by Crippen LogP contribution is 2.13. The fraction of sp³-hybridized carbons (Fsp3) is 0.522. The van der Waals surface area contributed by atoms with Crippen LogP contribution in [0.1, 0.15) is 40.0 Å². The van der Waals surface area contributed by atoms with E-state index in [-0.39, 0.29) is 49.9 Å². The van der Waals surface area contributed by atoms with Crippen molar-refractivity contribution in [2.45, 2.75) is 46.1 Å². The molecule has 3 amide bonds. The molecule has 0 aliphatic heterocycles. The van der Waals surface area contributed by atoms with Crippen molar-refractivity contribution in [3.8, 4) is 0 Å². The Morgan fingerprint density at radius 1 is 1.20 bits per heavy atom. The summed E-state index contributed by atoms with van der Waals surface area (Å²) >= 11 is 0. The minimum atomic E-state index is -0.971. The lowest BCUT2D eigenvalue weighted by Crippen LogP contribution is -2.51. The molecule has 0 spiro atoms. The summed E-state index contributed by atoms with van der Waals surface area (Å²) in [5.41, 5.74) is 10.6. The number of carbonyl (C=O) groups excluding carboxylic acids is 4. The van der Waals surface area contributed by atoms with Gasteiger partial charge in [-0.05, 0) is 38.3 Å². The van der Waals surface area contributed by atoms with E-state index in [0.29, 0.717) is 19.1 Å². The molecule has 1 aliphatic rings. The van der Waals surface area contributed by atoms with E-state index in [1.165, 1.54) is 17.1 Å². The molecule has 1 aliphatic carbocycles. The Hall–Kier alpha value is -3.67. The Balaban J connectivity index is 0. The molecule has 8 N–H and O–H groups in total. The molecule has 1 unspecified atom stereocenters. The number of aliphatic hydroxyl groups excluding tert-OH is 2. The summed E-state index contributed by atoms with van der Waals surface area (Å²) in [6.45, 7) is 5.74. The number of guanidine groups is 1. The van der Waals surface area contributed by atoms with Gasteiger partial charge in [-0.15, -0.1) is 0 Å². The number of rotatable bonds is 12. The molecule has 0 saturated heterocycles. The fourth-order valence-corrected chi connectivity index (χ4v) is 2.76. The number of allylic oxidation sites excluding steroid dienone is 3. The number of hydrogen-bond acceptors (Lipinski definition) is 7. The minimum absolute atomic E-state index is 0.0301. The van der Waals surface area contributed by atoms with E-state index in [1.54, 1.807) is 19.1 Å². The van der Waals surface area contributed by atoms with Crippen LogP contribution >= 0.6 is 0 Å². The lowest BCUT2D eigenvalue weighted by atomic mass is 10.1. The van der Waals surface area contributed by atoms with E-state index >= 15 is 0 Å². The Morgan fingerprint density at radius 3 is 2.40 bits per heavy atom. The number of likely N-dealkylation sites (N-methyl/N-ethyl adjacent to an activating group) is 1. The number of aldehydes is 1. The van der Waals surface area contributed by atoms with Crippen LogP contribution in [-0.4, -0.2) is 84.4 Å². The van der Waals surface area contributed by atoms with Crippen LogP contribution in [0, 0.1) is 0 Å². The van der Waals surface area contributed by atoms with Crippen LogP contribution in [0.5, 0.6) is 0 Å². The van der Waals surface area contributed by atoms with Gasteiger partial charge in [0.25, 0.3) is 5.91 Å². The van der Waals surface area contributed by atoms with Gasteiger partial charge >= 0.3 is 0 Å². The Bertz CT molecular complexity index is 787. The molecule has 0 fully saturated rings. The fourth-order valence-electron chi connectivity index (χ4n) is 2.76. The number of nitrogens with zero attached hydrogens (tertiary/aromatic N) is 2. The van der Waals surface area contributed by atoms with Crippen molar-refractivity contribution >= 4 is 30.0 Å². The second-order valence-electron chi connectivity index (χ2n) is 6.64. The van der Waals surface area contributed by atoms with Gasteiger partial charge in [0.1, 0.15) is 18.1 Å². The average Bonchev–Trinajstić information content (AvgIpc) is 3.09. The highest BCUT2D eigenvalue weighted by Gasteiger charge is 2.27. The number of carbonyl (C=O) groups is 4. The maximum Gasteiger partial charge on any atom is 0.255 e. The highest BCUT2D eigenvalue weighted by atomic mass is 16.3. The van der Waals surface area contributed by atoms with Crippen LogP contribution in [0.25, 0.3) is 0 Å². The highest BCUT2D eigenvalue weighted by molar-refractivity contribution is 6.00. The SMILES string of the molecule is CC.CCN(CC(=O)NCC=O)C(=O)C(CCCN=C(N)N)NC(=O)C1=C(O)C=CCC=C1.CO. The lowest BCUT2D eigenvalue weighted by molar-refractivity contribution is -0.139. The van der Waals surface area contributed by atoms with E-state index in [0.717, 1.165) is 7.11 Å². The molecule has 35 heavy (non-hydrogen) atoms. The number of aliphatic hydroxyl groups is 2. The van der Waals surface area contributed by atoms with Crippen molar-refractivity contribution in [3.05, 3.63) is 35.6 Å². The number of amides is 3. The van der Waals surface area contributed by atoms with E-state index in [9.17, 15) is 24.3 Å². The van der Waals surface area contributed by atoms with Crippen LogP contribution < -0.4 is 22.1 Å². The first-order chi connectivity index (χ1) is 16.8. The molecule has 0 aromatic rings. The van der Waals surface area contributed by atoms with Crippen LogP contribution in [0.4, 0.5) is 0 Å². The summed E-state index contributed by atoms with van der Waals surface area (Å²) in [6, 6.07) is -0.971. The molecule has 198 valence electrons. The largest absolute Gasteiger partial charge is 0.507 e. The molecule has 0 bridgehead atoms. The molecule has 0 aromatic carbocycles. The van der Waals surface area contributed by atoms with Crippen molar-refractivity contribution in [1.82, 2.24) is 15.5 Å². The van der Waals surface area contributed by atoms with Gasteiger partial charge in [-0.2, -0.15) is 0 Å². The molecule has 0 radical (unpaired) electrons. The number of aliphatic imine (C=N–C) groups is 1. The van der Waals surface area contributed by atoms with E-state index < -0.39 is 23.8 Å². The average molecular weight is 497 g/mol. The zero-order valence-electron chi connectivity index (χ0n) is 21.0. The van der Waals surface area contributed by atoms with Crippen LogP contribution in [0.15, 0.2) is 40.6 Å². The summed E-state index contributed by atoms with van der Waals surface area (Å²) in [6.07, 6.45) is 8.00. The number of nitrogens with one attached hydrogen (secondary N) is 2. The second kappa shape index (κ2) is 20.9. The summed E-state index contributed by atoms with van der Waals surface area (Å²) in [5, 5.41) is 22.1. The Kier molecular flexibility index (Phi) is 20.0. The maximum absolute atomic E-state index is 13.0. The van der Waals surface area contributed by atoms with Gasteiger partial charge in [-0.1, -0.05) is 26.0 Å². The number of nitrogens with two attached hydrogens (primary N) is 2. The van der Waals surface area contributed by atoms with E-state index in [4.69, 9.17) is 16.6 Å². The summed E-state index contributed by atoms with van der Waals surface area (Å²) in [5.74, 6) is -1.89. The van der Waals surface area contributed by atoms with Crippen molar-refractivity contribution in [1.29, 1.82) is 0 Å². The molecule has 12 heteroatoms. The normalized spacial score (nSPS) is 12.5. The van der Waals surface area contributed by atoms with E-state index in [2.05, 4.69) is 15.6 Å². The van der Waals surface area contributed by atoms with Crippen molar-refractivity contribution in [3.63, 3.8) is 0 Å². The first-order valence-corrected chi connectivity index (χ1v) is 11.4. The third kappa shape index (κ3) is 14.3. The molecule has 0 heterocycles. The number of hydrogen-bond donors (Lipinski definition) is 6. The molecule has 0 saturated carbocycles. The first kappa shape index (κ1) is 33.5. The molecule has 12 nitrogen and oxygen atoms in total. The maximum atomic E-state index is 13.0. The third-order valence-corrected chi connectivity index (χ3v) is 4.31. The van der Waals surface area contributed by atoms with Crippen molar-refractivity contribution < 1.29 is 29.4 Å². The quantitative estimate of drug-likeness (QED) is 0.0910. The molecule has 1 rings (SSSR count). The van der Waals surface area contributed by atoms with Crippen LogP contribution in [-0.2, 0) is 19.2 Å². The smallest absolute Gasteiger partial charge is 0.255 e. The summed E-state index contributed by atoms with van der Waals surface area (Å²) < 4.78 is 0. The first-order valence-electron chi connectivity index (χ1n) is 11.4. The molecular weight excluding hydrogens is 456 g/mol. The zero-order chi connectivity index (χ0) is 27.2. The van der Waals surface area contributed by atoms with Crippen LogP contribution in [0.3, 0.4) is 0 Å². The lowest BCUT2D eigenvalue weighted by Gasteiger charge is -2.26. The molecule has 1 atom stereocenters. The van der Waals surface area contributed by atoms with Gasteiger partial charge in [0, 0.05) is 20.2 Å². The monoisotopic (exact) mass is 496 g/mol. The van der Waals surface area contributed by atoms with Gasteiger partial charge in [0.05, 0.1) is 18.7 Å². The Morgan fingerprint density at radius 2 is 1.83 bits per heavy atom. The Labute approximate surface area is 206 Å². The van der Waals surface area contributed by atoms with Gasteiger partial charge in [0.2, 0.25) is 11.8 Å². The zero-order valence-corrected chi connectivity index (χ0v) is 21.0. The van der Waals surface area contributed by atoms with Gasteiger partial charge in [-0.25, -0.2) is 0 Å². The summed E-state index contributed by atoms with van der Waals surface area (Å²) in [4.78, 5) is 53.2.